The minimum Gasteiger partial charge on any atom is -0.457 e. The van der Waals surface area contributed by atoms with Gasteiger partial charge >= 0.3 is 0 Å². The van der Waals surface area contributed by atoms with E-state index in [0.717, 1.165) is 52.4 Å². The van der Waals surface area contributed by atoms with Crippen LogP contribution in [0.15, 0.2) is 75.6 Å². The molecular weight excluding hydrogens is 498 g/mol. The number of hydrogen-bond acceptors (Lipinski definition) is 5. The van der Waals surface area contributed by atoms with Crippen LogP contribution in [-0.2, 0) is 19.5 Å². The molecule has 1 unspecified atom stereocenters. The van der Waals surface area contributed by atoms with E-state index in [4.69, 9.17) is 4.42 Å². The summed E-state index contributed by atoms with van der Waals surface area (Å²) in [5.41, 5.74) is 4.32. The molecule has 166 valence electrons. The van der Waals surface area contributed by atoms with Gasteiger partial charge in [-0.15, -0.1) is 11.3 Å². The first-order valence-corrected chi connectivity index (χ1v) is 12.6. The van der Waals surface area contributed by atoms with E-state index >= 15 is 0 Å². The zero-order chi connectivity index (χ0) is 22.4. The highest BCUT2D eigenvalue weighted by Gasteiger charge is 2.34. The first-order valence-electron chi connectivity index (χ1n) is 11.0. The molecule has 0 fully saturated rings. The first kappa shape index (κ1) is 20.7. The zero-order valence-electron chi connectivity index (χ0n) is 17.8. The van der Waals surface area contributed by atoms with Crippen molar-refractivity contribution in [1.82, 2.24) is 10.2 Å². The molecule has 0 bridgehead atoms. The Bertz CT molecular complexity index is 1310. The molecule has 4 aromatic rings. The van der Waals surface area contributed by atoms with Gasteiger partial charge in [-0.25, -0.2) is 0 Å². The maximum Gasteiger partial charge on any atom is 0.256 e. The Morgan fingerprint density at radius 3 is 2.67 bits per heavy atom. The van der Waals surface area contributed by atoms with E-state index in [-0.39, 0.29) is 12.1 Å². The number of carbonyl (C=O) groups excluding carboxylic acids is 1. The maximum atomic E-state index is 13.1. The van der Waals surface area contributed by atoms with Gasteiger partial charge in [-0.1, -0.05) is 58.4 Å². The van der Waals surface area contributed by atoms with Gasteiger partial charge in [-0.3, -0.25) is 9.69 Å². The largest absolute Gasteiger partial charge is 0.457 e. The molecule has 0 aliphatic carbocycles. The molecule has 1 amide bonds. The van der Waals surface area contributed by atoms with Gasteiger partial charge in [0.1, 0.15) is 16.5 Å². The summed E-state index contributed by atoms with van der Waals surface area (Å²) >= 11 is 5.16. The number of thiophene rings is 1. The Labute approximate surface area is 204 Å². The van der Waals surface area contributed by atoms with Crippen LogP contribution in [0.4, 0.5) is 5.00 Å². The summed E-state index contributed by atoms with van der Waals surface area (Å²) in [7, 11) is 0. The summed E-state index contributed by atoms with van der Waals surface area (Å²) in [6.45, 7) is 2.75. The average Bonchev–Trinajstić information content (AvgIpc) is 3.45. The molecule has 7 heteroatoms. The normalized spacial score (nSPS) is 17.7. The highest BCUT2D eigenvalue weighted by Crippen LogP contribution is 2.41. The van der Waals surface area contributed by atoms with Crippen molar-refractivity contribution in [2.24, 2.45) is 0 Å². The number of hydrogen-bond donors (Lipinski definition) is 2. The van der Waals surface area contributed by atoms with E-state index in [1.165, 1.54) is 16.0 Å². The van der Waals surface area contributed by atoms with Crippen LogP contribution in [-0.4, -0.2) is 17.4 Å². The van der Waals surface area contributed by atoms with Crippen LogP contribution in [0, 0.1) is 0 Å². The van der Waals surface area contributed by atoms with Crippen LogP contribution in [0.3, 0.4) is 0 Å². The smallest absolute Gasteiger partial charge is 0.256 e. The highest BCUT2D eigenvalue weighted by atomic mass is 79.9. The van der Waals surface area contributed by atoms with Crippen molar-refractivity contribution in [3.8, 4) is 11.3 Å². The van der Waals surface area contributed by atoms with Gasteiger partial charge in [0.05, 0.1) is 5.56 Å². The minimum atomic E-state index is -0.380. The van der Waals surface area contributed by atoms with Crippen molar-refractivity contribution in [3.05, 3.63) is 98.5 Å². The minimum absolute atomic E-state index is 0.0237. The van der Waals surface area contributed by atoms with E-state index < -0.39 is 0 Å². The number of halogens is 1. The third-order valence-electron chi connectivity index (χ3n) is 6.20. The number of nitrogens with zero attached hydrogens (tertiary/aromatic N) is 1. The second kappa shape index (κ2) is 8.48. The van der Waals surface area contributed by atoms with E-state index in [9.17, 15) is 4.79 Å². The quantitative estimate of drug-likeness (QED) is 0.337. The molecule has 0 spiro atoms. The van der Waals surface area contributed by atoms with Crippen LogP contribution in [0.2, 0.25) is 0 Å². The molecule has 4 heterocycles. The van der Waals surface area contributed by atoms with Crippen LogP contribution >= 0.6 is 27.3 Å². The van der Waals surface area contributed by atoms with Gasteiger partial charge in [0.15, 0.2) is 6.17 Å². The zero-order valence-corrected chi connectivity index (χ0v) is 20.2. The predicted octanol–water partition coefficient (Wildman–Crippen LogP) is 6.18. The van der Waals surface area contributed by atoms with Gasteiger partial charge in [0.2, 0.25) is 0 Å². The summed E-state index contributed by atoms with van der Waals surface area (Å²) in [6, 6.07) is 22.4. The number of fused-ring (bicyclic) bond motifs is 3. The van der Waals surface area contributed by atoms with Crippen LogP contribution < -0.4 is 10.6 Å². The van der Waals surface area contributed by atoms with E-state index in [1.54, 1.807) is 11.3 Å². The van der Waals surface area contributed by atoms with Crippen molar-refractivity contribution in [2.45, 2.75) is 25.7 Å². The first-order chi connectivity index (χ1) is 16.1. The molecule has 0 radical (unpaired) electrons. The van der Waals surface area contributed by atoms with E-state index in [2.05, 4.69) is 55.7 Å². The average molecular weight is 520 g/mol. The molecule has 6 rings (SSSR count). The second-order valence-corrected chi connectivity index (χ2v) is 10.4. The molecule has 2 aromatic carbocycles. The van der Waals surface area contributed by atoms with E-state index in [0.29, 0.717) is 5.76 Å². The molecule has 2 N–H and O–H groups in total. The number of benzene rings is 2. The Kier molecular flexibility index (Phi) is 5.32. The van der Waals surface area contributed by atoms with Crippen LogP contribution in [0.5, 0.6) is 0 Å². The number of rotatable bonds is 4. The van der Waals surface area contributed by atoms with Gasteiger partial charge in [0.25, 0.3) is 5.91 Å². The fourth-order valence-corrected chi connectivity index (χ4v) is 6.14. The molecule has 2 aliphatic heterocycles. The highest BCUT2D eigenvalue weighted by molar-refractivity contribution is 9.10. The Hall–Kier alpha value is -2.87. The standard InChI is InChI=1S/C26H22BrN3O2S/c27-18-8-6-17(7-9-18)20-10-11-21(32-20)24-28-25(31)23-19-12-13-30(14-16-4-2-1-3-5-16)15-22(19)33-26(23)29-24/h1-11,24,29H,12-15H2,(H,28,31). The van der Waals surface area contributed by atoms with Gasteiger partial charge in [0, 0.05) is 34.5 Å². The maximum absolute atomic E-state index is 13.1. The van der Waals surface area contributed by atoms with Crippen molar-refractivity contribution in [1.29, 1.82) is 0 Å². The molecule has 33 heavy (non-hydrogen) atoms. The van der Waals surface area contributed by atoms with Gasteiger partial charge < -0.3 is 15.1 Å². The number of carbonyl (C=O) groups is 1. The van der Waals surface area contributed by atoms with Crippen molar-refractivity contribution in [3.63, 3.8) is 0 Å². The monoisotopic (exact) mass is 519 g/mol. The Morgan fingerprint density at radius 1 is 1.03 bits per heavy atom. The van der Waals surface area contributed by atoms with Gasteiger partial charge in [-0.05, 0) is 41.8 Å². The third kappa shape index (κ3) is 4.01. The summed E-state index contributed by atoms with van der Waals surface area (Å²) in [4.78, 5) is 16.8. The predicted molar refractivity (Wildman–Crippen MR) is 134 cm³/mol. The summed E-state index contributed by atoms with van der Waals surface area (Å²) in [5, 5.41) is 7.54. The Balaban J connectivity index is 1.22. The lowest BCUT2D eigenvalue weighted by Gasteiger charge is -2.28. The SMILES string of the molecule is O=C1NC(c2ccc(-c3ccc(Br)cc3)o2)Nc2sc3c(c21)CCN(Cc1ccccc1)C3. The summed E-state index contributed by atoms with van der Waals surface area (Å²) in [5.74, 6) is 1.45. The molecule has 0 saturated carbocycles. The van der Waals surface area contributed by atoms with Gasteiger partial charge in [-0.2, -0.15) is 0 Å². The number of amides is 1. The van der Waals surface area contributed by atoms with Crippen molar-refractivity contribution >= 4 is 38.2 Å². The molecule has 1 atom stereocenters. The fraction of sp³-hybridized carbons (Fsp3) is 0.192. The number of nitrogens with one attached hydrogen (secondary N) is 2. The third-order valence-corrected chi connectivity index (χ3v) is 7.88. The number of furan rings is 1. The molecule has 2 aromatic heterocycles. The molecule has 0 saturated heterocycles. The van der Waals surface area contributed by atoms with Crippen LogP contribution in [0.25, 0.3) is 11.3 Å². The molecule has 5 nitrogen and oxygen atoms in total. The lowest BCUT2D eigenvalue weighted by Crippen LogP contribution is -2.38. The molecular formula is C26H22BrN3O2S. The van der Waals surface area contributed by atoms with Crippen molar-refractivity contribution in [2.75, 3.05) is 11.9 Å². The molecule has 2 aliphatic rings. The lowest BCUT2D eigenvalue weighted by molar-refractivity contribution is 0.0930. The summed E-state index contributed by atoms with van der Waals surface area (Å²) < 4.78 is 7.13. The van der Waals surface area contributed by atoms with Crippen molar-refractivity contribution < 1.29 is 9.21 Å². The number of anilines is 1. The lowest BCUT2D eigenvalue weighted by atomic mass is 10.0. The van der Waals surface area contributed by atoms with E-state index in [1.807, 2.05) is 42.5 Å². The van der Waals surface area contributed by atoms with Crippen LogP contribution in [0.1, 0.15) is 38.3 Å². The second-order valence-electron chi connectivity index (χ2n) is 8.41. The summed E-state index contributed by atoms with van der Waals surface area (Å²) in [6.07, 6.45) is 0.511. The fourth-order valence-electron chi connectivity index (χ4n) is 4.56. The Morgan fingerprint density at radius 2 is 1.85 bits per heavy atom. The topological polar surface area (TPSA) is 57.5 Å².